The van der Waals surface area contributed by atoms with Crippen molar-refractivity contribution in [2.45, 2.75) is 12.7 Å². The third-order valence-corrected chi connectivity index (χ3v) is 3.49. The van der Waals surface area contributed by atoms with Gasteiger partial charge in [-0.25, -0.2) is 0 Å². The number of hydrogen-bond donors (Lipinski definition) is 0. The maximum Gasteiger partial charge on any atom is 0.416 e. The SMILES string of the molecule is CN(Cc1ccc(C(F)(F)F)cc1)C(=O)COc1ccccc1C#N. The first-order valence-electron chi connectivity index (χ1n) is 7.33. The lowest BCUT2D eigenvalue weighted by Crippen LogP contribution is -2.31. The van der Waals surface area contributed by atoms with Gasteiger partial charge in [0.05, 0.1) is 11.1 Å². The average molecular weight is 348 g/mol. The van der Waals surface area contributed by atoms with Crippen LogP contribution in [0, 0.1) is 11.3 Å². The zero-order chi connectivity index (χ0) is 18.4. The van der Waals surface area contributed by atoms with Crippen LogP contribution in [0.3, 0.4) is 0 Å². The number of alkyl halides is 3. The summed E-state index contributed by atoms with van der Waals surface area (Å²) in [5, 5.41) is 8.96. The van der Waals surface area contributed by atoms with Gasteiger partial charge in [-0.2, -0.15) is 18.4 Å². The number of hydrogen-bond acceptors (Lipinski definition) is 3. The summed E-state index contributed by atoms with van der Waals surface area (Å²) in [4.78, 5) is 13.4. The minimum atomic E-state index is -4.39. The normalized spacial score (nSPS) is 10.8. The van der Waals surface area contributed by atoms with Gasteiger partial charge in [0.2, 0.25) is 0 Å². The van der Waals surface area contributed by atoms with Crippen LogP contribution in [0.1, 0.15) is 16.7 Å². The monoisotopic (exact) mass is 348 g/mol. The van der Waals surface area contributed by atoms with E-state index in [2.05, 4.69) is 0 Å². The molecule has 0 radical (unpaired) electrons. The van der Waals surface area contributed by atoms with Crippen molar-refractivity contribution >= 4 is 5.91 Å². The summed E-state index contributed by atoms with van der Waals surface area (Å²) in [6.45, 7) is -0.115. The minimum Gasteiger partial charge on any atom is -0.482 e. The maximum absolute atomic E-state index is 12.5. The number of benzene rings is 2. The molecule has 0 fully saturated rings. The highest BCUT2D eigenvalue weighted by Gasteiger charge is 2.29. The second kappa shape index (κ2) is 7.71. The van der Waals surface area contributed by atoms with E-state index in [1.165, 1.54) is 24.1 Å². The topological polar surface area (TPSA) is 53.3 Å². The van der Waals surface area contributed by atoms with Gasteiger partial charge in [-0.15, -0.1) is 0 Å². The van der Waals surface area contributed by atoms with Crippen molar-refractivity contribution < 1.29 is 22.7 Å². The molecule has 0 aliphatic carbocycles. The Labute approximate surface area is 143 Å². The Hall–Kier alpha value is -3.01. The van der Waals surface area contributed by atoms with Gasteiger partial charge in [0.25, 0.3) is 5.91 Å². The zero-order valence-electron chi connectivity index (χ0n) is 13.4. The number of halogens is 3. The van der Waals surface area contributed by atoms with Crippen molar-refractivity contribution in [1.29, 1.82) is 5.26 Å². The van der Waals surface area contributed by atoms with Crippen molar-refractivity contribution in [3.8, 4) is 11.8 Å². The fourth-order valence-electron chi connectivity index (χ4n) is 2.10. The van der Waals surface area contributed by atoms with Crippen molar-refractivity contribution in [2.24, 2.45) is 0 Å². The molecule has 0 heterocycles. The highest BCUT2D eigenvalue weighted by molar-refractivity contribution is 5.77. The van der Waals surface area contributed by atoms with E-state index in [0.717, 1.165) is 12.1 Å². The van der Waals surface area contributed by atoms with E-state index in [1.54, 1.807) is 24.3 Å². The van der Waals surface area contributed by atoms with Gasteiger partial charge >= 0.3 is 6.18 Å². The molecule has 2 rings (SSSR count). The molecular weight excluding hydrogens is 333 g/mol. The van der Waals surface area contributed by atoms with Gasteiger partial charge in [0.15, 0.2) is 6.61 Å². The molecule has 0 unspecified atom stereocenters. The number of carbonyl (C=O) groups is 1. The van der Waals surface area contributed by atoms with E-state index in [-0.39, 0.29) is 19.1 Å². The van der Waals surface area contributed by atoms with Crippen LogP contribution in [-0.2, 0) is 17.5 Å². The van der Waals surface area contributed by atoms with E-state index >= 15 is 0 Å². The van der Waals surface area contributed by atoms with Crippen LogP contribution in [0.15, 0.2) is 48.5 Å². The number of nitriles is 1. The second-order valence-corrected chi connectivity index (χ2v) is 5.34. The van der Waals surface area contributed by atoms with Crippen molar-refractivity contribution in [3.63, 3.8) is 0 Å². The van der Waals surface area contributed by atoms with Gasteiger partial charge in [0.1, 0.15) is 11.8 Å². The van der Waals surface area contributed by atoms with Crippen molar-refractivity contribution in [2.75, 3.05) is 13.7 Å². The molecule has 25 heavy (non-hydrogen) atoms. The number of nitrogens with zero attached hydrogens (tertiary/aromatic N) is 2. The Balaban J connectivity index is 1.93. The molecule has 1 amide bonds. The lowest BCUT2D eigenvalue weighted by Gasteiger charge is -2.18. The number of ether oxygens (including phenoxy) is 1. The Morgan fingerprint density at radius 2 is 1.80 bits per heavy atom. The molecular formula is C18H15F3N2O2. The number of carbonyl (C=O) groups excluding carboxylic acids is 1. The number of para-hydroxylation sites is 1. The molecule has 0 aromatic heterocycles. The fourth-order valence-corrected chi connectivity index (χ4v) is 2.10. The third-order valence-electron chi connectivity index (χ3n) is 3.49. The van der Waals surface area contributed by atoms with Crippen molar-refractivity contribution in [1.82, 2.24) is 4.90 Å². The van der Waals surface area contributed by atoms with Crippen LogP contribution >= 0.6 is 0 Å². The fraction of sp³-hybridized carbons (Fsp3) is 0.222. The molecule has 0 saturated carbocycles. The molecule has 4 nitrogen and oxygen atoms in total. The Bertz CT molecular complexity index is 780. The van der Waals surface area contributed by atoms with Gasteiger partial charge in [-0.3, -0.25) is 4.79 Å². The third kappa shape index (κ3) is 4.98. The first-order chi connectivity index (χ1) is 11.8. The predicted octanol–water partition coefficient (Wildman–Crippen LogP) is 3.61. The molecule has 2 aromatic carbocycles. The van der Waals surface area contributed by atoms with E-state index in [9.17, 15) is 18.0 Å². The number of rotatable bonds is 5. The largest absolute Gasteiger partial charge is 0.482 e. The first kappa shape index (κ1) is 18.3. The van der Waals surface area contributed by atoms with E-state index in [1.807, 2.05) is 6.07 Å². The van der Waals surface area contributed by atoms with Crippen LogP contribution in [0.25, 0.3) is 0 Å². The van der Waals surface area contributed by atoms with Gasteiger partial charge in [0, 0.05) is 13.6 Å². The smallest absolute Gasteiger partial charge is 0.416 e. The molecule has 0 atom stereocenters. The Kier molecular flexibility index (Phi) is 5.65. The van der Waals surface area contributed by atoms with Crippen molar-refractivity contribution in [3.05, 3.63) is 65.2 Å². The zero-order valence-corrected chi connectivity index (χ0v) is 13.4. The quantitative estimate of drug-likeness (QED) is 0.829. The van der Waals surface area contributed by atoms with Crippen LogP contribution in [-0.4, -0.2) is 24.5 Å². The van der Waals surface area contributed by atoms with Gasteiger partial charge in [-0.1, -0.05) is 24.3 Å². The molecule has 130 valence electrons. The molecule has 2 aromatic rings. The van der Waals surface area contributed by atoms with E-state index in [4.69, 9.17) is 10.00 Å². The van der Waals surface area contributed by atoms with Gasteiger partial charge in [-0.05, 0) is 29.8 Å². The molecule has 0 saturated heterocycles. The first-order valence-corrected chi connectivity index (χ1v) is 7.33. The summed E-state index contributed by atoms with van der Waals surface area (Å²) in [5.41, 5.74) is 0.156. The summed E-state index contributed by atoms with van der Waals surface area (Å²) in [5.74, 6) is -0.0473. The molecule has 0 aliphatic heterocycles. The predicted molar refractivity (Wildman–Crippen MR) is 84.6 cm³/mol. The molecule has 0 aliphatic rings. The number of likely N-dealkylation sites (N-methyl/N-ethyl adjacent to an activating group) is 1. The summed E-state index contributed by atoms with van der Waals surface area (Å²) in [6.07, 6.45) is -4.39. The maximum atomic E-state index is 12.5. The van der Waals surface area contributed by atoms with Crippen LogP contribution in [0.2, 0.25) is 0 Å². The highest BCUT2D eigenvalue weighted by Crippen LogP contribution is 2.29. The van der Waals surface area contributed by atoms with Crippen LogP contribution in [0.4, 0.5) is 13.2 Å². The second-order valence-electron chi connectivity index (χ2n) is 5.34. The lowest BCUT2D eigenvalue weighted by molar-refractivity contribution is -0.137. The van der Waals surface area contributed by atoms with Crippen LogP contribution in [0.5, 0.6) is 5.75 Å². The highest BCUT2D eigenvalue weighted by atomic mass is 19.4. The average Bonchev–Trinajstić information content (AvgIpc) is 2.59. The van der Waals surface area contributed by atoms with E-state index in [0.29, 0.717) is 16.9 Å². The Morgan fingerprint density at radius 1 is 1.16 bits per heavy atom. The Morgan fingerprint density at radius 3 is 2.40 bits per heavy atom. The standard InChI is InChI=1S/C18H15F3N2O2/c1-23(11-13-6-8-15(9-7-13)18(19,20)21)17(24)12-25-16-5-3-2-4-14(16)10-22/h2-9H,11-12H2,1H3. The summed E-state index contributed by atoms with van der Waals surface area (Å²) >= 11 is 0. The summed E-state index contributed by atoms with van der Waals surface area (Å²) in [6, 6.07) is 13.1. The molecule has 0 spiro atoms. The summed E-state index contributed by atoms with van der Waals surface area (Å²) in [7, 11) is 1.53. The minimum absolute atomic E-state index is 0.153. The van der Waals surface area contributed by atoms with E-state index < -0.39 is 11.7 Å². The molecule has 0 bridgehead atoms. The van der Waals surface area contributed by atoms with Gasteiger partial charge < -0.3 is 9.64 Å². The summed E-state index contributed by atoms with van der Waals surface area (Å²) < 4.78 is 42.9. The number of amides is 1. The van der Waals surface area contributed by atoms with Crippen LogP contribution < -0.4 is 4.74 Å². The molecule has 7 heteroatoms. The molecule has 0 N–H and O–H groups in total. The lowest BCUT2D eigenvalue weighted by atomic mass is 10.1.